The van der Waals surface area contributed by atoms with Crippen LogP contribution in [0.1, 0.15) is 6.92 Å². The first-order chi connectivity index (χ1) is 7.10. The van der Waals surface area contributed by atoms with Crippen LogP contribution in [0.3, 0.4) is 0 Å². The number of likely N-dealkylation sites (N-methyl/N-ethyl adjacent to an activating group) is 1. The van der Waals surface area contributed by atoms with Crippen LogP contribution < -0.4 is 10.0 Å². The molecule has 2 N–H and O–H groups in total. The number of aryl methyl sites for hydroxylation is 1. The Hall–Kier alpha value is -0.920. The average Bonchev–Trinajstić information content (AvgIpc) is 2.66. The van der Waals surface area contributed by atoms with Crippen molar-refractivity contribution >= 4 is 10.0 Å². The molecule has 1 aromatic heterocycles. The lowest BCUT2D eigenvalue weighted by molar-refractivity contribution is 0.579. The number of sulfonamides is 1. The normalized spacial score (nSPS) is 11.9. The maximum Gasteiger partial charge on any atom is 0.243 e. The van der Waals surface area contributed by atoms with Gasteiger partial charge >= 0.3 is 0 Å². The van der Waals surface area contributed by atoms with Crippen LogP contribution in [0.15, 0.2) is 17.3 Å². The molecule has 1 heterocycles. The summed E-state index contributed by atoms with van der Waals surface area (Å²) >= 11 is 0. The van der Waals surface area contributed by atoms with E-state index in [9.17, 15) is 8.42 Å². The van der Waals surface area contributed by atoms with E-state index >= 15 is 0 Å². The highest BCUT2D eigenvalue weighted by atomic mass is 32.2. The molecule has 0 aromatic carbocycles. The fraction of sp³-hybridized carbons (Fsp3) is 0.625. The first kappa shape index (κ1) is 12.2. The molecule has 0 aliphatic heterocycles. The van der Waals surface area contributed by atoms with E-state index in [1.165, 1.54) is 12.4 Å². The molecular formula is C8H16N4O2S. The molecule has 0 fully saturated rings. The van der Waals surface area contributed by atoms with Gasteiger partial charge in [0, 0.05) is 25.8 Å². The van der Waals surface area contributed by atoms with Crippen molar-refractivity contribution in [1.82, 2.24) is 19.8 Å². The van der Waals surface area contributed by atoms with E-state index in [2.05, 4.69) is 15.1 Å². The summed E-state index contributed by atoms with van der Waals surface area (Å²) in [6, 6.07) is 0. The van der Waals surface area contributed by atoms with Gasteiger partial charge in [-0.15, -0.1) is 0 Å². The number of nitrogens with one attached hydrogen (secondary N) is 2. The quantitative estimate of drug-likeness (QED) is 0.642. The monoisotopic (exact) mass is 232 g/mol. The Morgan fingerprint density at radius 3 is 2.73 bits per heavy atom. The van der Waals surface area contributed by atoms with E-state index < -0.39 is 10.0 Å². The molecule has 0 bridgehead atoms. The molecule has 0 spiro atoms. The van der Waals surface area contributed by atoms with E-state index in [0.717, 1.165) is 0 Å². The standard InChI is InChI=1S/C8H16N4O2S/c1-3-12-7-8(6-10-12)15(13,14)11-5-4-9-2/h6-7,9,11H,3-5H2,1-2H3. The van der Waals surface area contributed by atoms with Crippen LogP contribution in [0.5, 0.6) is 0 Å². The zero-order valence-corrected chi connectivity index (χ0v) is 9.71. The predicted molar refractivity (Wildman–Crippen MR) is 57.0 cm³/mol. The second kappa shape index (κ2) is 5.24. The van der Waals surface area contributed by atoms with Crippen molar-refractivity contribution in [2.45, 2.75) is 18.4 Å². The van der Waals surface area contributed by atoms with E-state index in [1.807, 2.05) is 6.92 Å². The van der Waals surface area contributed by atoms with Gasteiger partial charge in [0.2, 0.25) is 10.0 Å². The summed E-state index contributed by atoms with van der Waals surface area (Å²) < 4.78 is 27.3. The SMILES string of the molecule is CCn1cc(S(=O)(=O)NCCNC)cn1. The topological polar surface area (TPSA) is 76.0 Å². The van der Waals surface area contributed by atoms with Crippen molar-refractivity contribution in [3.8, 4) is 0 Å². The summed E-state index contributed by atoms with van der Waals surface area (Å²) in [5, 5.41) is 6.77. The Labute approximate surface area is 89.7 Å². The second-order valence-electron chi connectivity index (χ2n) is 3.03. The van der Waals surface area contributed by atoms with Crippen molar-refractivity contribution in [3.05, 3.63) is 12.4 Å². The Kier molecular flexibility index (Phi) is 4.25. The van der Waals surface area contributed by atoms with Crippen molar-refractivity contribution in [1.29, 1.82) is 0 Å². The summed E-state index contributed by atoms with van der Waals surface area (Å²) in [5.74, 6) is 0. The second-order valence-corrected chi connectivity index (χ2v) is 4.80. The van der Waals surface area contributed by atoms with Gasteiger partial charge < -0.3 is 5.32 Å². The average molecular weight is 232 g/mol. The highest BCUT2D eigenvalue weighted by Gasteiger charge is 2.14. The van der Waals surface area contributed by atoms with Gasteiger partial charge in [-0.1, -0.05) is 0 Å². The molecule has 6 nitrogen and oxygen atoms in total. The lowest BCUT2D eigenvalue weighted by atomic mass is 10.7. The smallest absolute Gasteiger partial charge is 0.243 e. The third-order valence-corrected chi connectivity index (χ3v) is 3.33. The van der Waals surface area contributed by atoms with Crippen molar-refractivity contribution < 1.29 is 8.42 Å². The zero-order valence-electron chi connectivity index (χ0n) is 8.90. The molecular weight excluding hydrogens is 216 g/mol. The molecule has 7 heteroatoms. The summed E-state index contributed by atoms with van der Waals surface area (Å²) in [7, 11) is -1.63. The highest BCUT2D eigenvalue weighted by molar-refractivity contribution is 7.89. The van der Waals surface area contributed by atoms with Gasteiger partial charge in [0.25, 0.3) is 0 Å². The van der Waals surface area contributed by atoms with Gasteiger partial charge in [0.15, 0.2) is 0 Å². The van der Waals surface area contributed by atoms with Crippen LogP contribution in [0.25, 0.3) is 0 Å². The fourth-order valence-corrected chi connectivity index (χ4v) is 2.03. The predicted octanol–water partition coefficient (Wildman–Crippen LogP) is -0.599. The van der Waals surface area contributed by atoms with Crippen molar-refractivity contribution in [2.75, 3.05) is 20.1 Å². The van der Waals surface area contributed by atoms with Crippen LogP contribution in [0.2, 0.25) is 0 Å². The molecule has 0 amide bonds. The van der Waals surface area contributed by atoms with Crippen molar-refractivity contribution in [3.63, 3.8) is 0 Å². The number of rotatable bonds is 6. The number of nitrogens with zero attached hydrogens (tertiary/aromatic N) is 2. The van der Waals surface area contributed by atoms with E-state index in [-0.39, 0.29) is 4.90 Å². The third-order valence-electron chi connectivity index (χ3n) is 1.91. The third kappa shape index (κ3) is 3.29. The lowest BCUT2D eigenvalue weighted by Crippen LogP contribution is -2.30. The first-order valence-corrected chi connectivity index (χ1v) is 6.25. The Morgan fingerprint density at radius 2 is 2.20 bits per heavy atom. The van der Waals surface area contributed by atoms with Gasteiger partial charge in [-0.05, 0) is 14.0 Å². The van der Waals surface area contributed by atoms with Gasteiger partial charge in [-0.25, -0.2) is 13.1 Å². The fourth-order valence-electron chi connectivity index (χ4n) is 1.05. The van der Waals surface area contributed by atoms with Crippen LogP contribution in [-0.4, -0.2) is 38.3 Å². The van der Waals surface area contributed by atoms with E-state index in [0.29, 0.717) is 19.6 Å². The minimum absolute atomic E-state index is 0.209. The summed E-state index contributed by atoms with van der Waals surface area (Å²) in [5.41, 5.74) is 0. The number of hydrogen-bond acceptors (Lipinski definition) is 4. The molecule has 86 valence electrons. The summed E-state index contributed by atoms with van der Waals surface area (Å²) in [4.78, 5) is 0.209. The molecule has 15 heavy (non-hydrogen) atoms. The molecule has 0 saturated carbocycles. The van der Waals surface area contributed by atoms with Gasteiger partial charge in [0.1, 0.15) is 4.90 Å². The van der Waals surface area contributed by atoms with Crippen molar-refractivity contribution in [2.24, 2.45) is 0 Å². The zero-order chi connectivity index (χ0) is 11.3. The molecule has 0 radical (unpaired) electrons. The summed E-state index contributed by atoms with van der Waals surface area (Å²) in [6.45, 7) is 3.53. The molecule has 1 rings (SSSR count). The number of hydrogen-bond donors (Lipinski definition) is 2. The summed E-state index contributed by atoms with van der Waals surface area (Å²) in [6.07, 6.45) is 2.87. The van der Waals surface area contributed by atoms with Crippen LogP contribution in [0.4, 0.5) is 0 Å². The van der Waals surface area contributed by atoms with E-state index in [1.54, 1.807) is 11.7 Å². The van der Waals surface area contributed by atoms with Gasteiger partial charge in [0.05, 0.1) is 6.20 Å². The van der Waals surface area contributed by atoms with Crippen LogP contribution in [0, 0.1) is 0 Å². The largest absolute Gasteiger partial charge is 0.318 e. The Balaban J connectivity index is 2.68. The first-order valence-electron chi connectivity index (χ1n) is 4.77. The molecule has 0 unspecified atom stereocenters. The molecule has 0 aliphatic rings. The Bertz CT molecular complexity index is 399. The molecule has 0 saturated heterocycles. The minimum atomic E-state index is -3.40. The molecule has 1 aromatic rings. The minimum Gasteiger partial charge on any atom is -0.318 e. The molecule has 0 aliphatic carbocycles. The highest BCUT2D eigenvalue weighted by Crippen LogP contribution is 2.05. The van der Waals surface area contributed by atoms with E-state index in [4.69, 9.17) is 0 Å². The molecule has 0 atom stereocenters. The van der Waals surface area contributed by atoms with Crippen LogP contribution in [-0.2, 0) is 16.6 Å². The Morgan fingerprint density at radius 1 is 1.47 bits per heavy atom. The van der Waals surface area contributed by atoms with Gasteiger partial charge in [-0.2, -0.15) is 5.10 Å². The lowest BCUT2D eigenvalue weighted by Gasteiger charge is -2.03. The van der Waals surface area contributed by atoms with Crippen LogP contribution >= 0.6 is 0 Å². The maximum absolute atomic E-state index is 11.6. The number of aromatic nitrogens is 2. The van der Waals surface area contributed by atoms with Gasteiger partial charge in [-0.3, -0.25) is 4.68 Å². The maximum atomic E-state index is 11.6.